The summed E-state index contributed by atoms with van der Waals surface area (Å²) < 4.78 is 0. The van der Waals surface area contributed by atoms with Crippen molar-refractivity contribution in [1.29, 1.82) is 0 Å². The maximum Gasteiger partial charge on any atom is 0.260 e. The highest BCUT2D eigenvalue weighted by atomic mass is 35.5. The van der Waals surface area contributed by atoms with E-state index in [1.54, 1.807) is 0 Å². The summed E-state index contributed by atoms with van der Waals surface area (Å²) in [5, 5.41) is 5.72. The molecule has 29 heavy (non-hydrogen) atoms. The van der Waals surface area contributed by atoms with Crippen molar-refractivity contribution in [2.24, 2.45) is 0 Å². The number of aromatic amines is 1. The third-order valence-corrected chi connectivity index (χ3v) is 6.50. The number of nitrogens with zero attached hydrogens (tertiary/aromatic N) is 1. The van der Waals surface area contributed by atoms with E-state index in [-0.39, 0.29) is 5.56 Å². The molecule has 0 radical (unpaired) electrons. The fourth-order valence-corrected chi connectivity index (χ4v) is 4.81. The number of aryl methyl sites for hydroxylation is 1. The molecule has 2 aromatic heterocycles. The summed E-state index contributed by atoms with van der Waals surface area (Å²) in [6, 6.07) is 20.3. The Morgan fingerprint density at radius 1 is 1.07 bits per heavy atom. The molecule has 0 spiro atoms. The summed E-state index contributed by atoms with van der Waals surface area (Å²) in [5.74, 6) is 0.680. The minimum absolute atomic E-state index is 0.103. The minimum Gasteiger partial charge on any atom is -0.310 e. The van der Waals surface area contributed by atoms with Gasteiger partial charge in [0.25, 0.3) is 5.56 Å². The molecule has 0 atom stereocenters. The third-order valence-electron chi connectivity index (χ3n) is 5.20. The Morgan fingerprint density at radius 3 is 2.76 bits per heavy atom. The predicted octanol–water partition coefficient (Wildman–Crippen LogP) is 6.36. The van der Waals surface area contributed by atoms with Crippen LogP contribution in [0.4, 0.5) is 0 Å². The number of hydrogen-bond acceptors (Lipinski definition) is 3. The van der Waals surface area contributed by atoms with Crippen molar-refractivity contribution < 1.29 is 0 Å². The van der Waals surface area contributed by atoms with Crippen LogP contribution in [0.25, 0.3) is 32.1 Å². The highest BCUT2D eigenvalue weighted by molar-refractivity contribution is 7.17. The molecule has 5 aromatic rings. The van der Waals surface area contributed by atoms with Crippen LogP contribution < -0.4 is 5.56 Å². The standard InChI is InChI=1S/C24H17ClN2OS/c1-14-11-17(9-10-20(14)25)19-13-29-24-22(19)23(28)26-21(27-24)12-16-7-4-6-15-5-2-3-8-18(15)16/h2-11,13H,12H2,1H3,(H,26,27,28). The first-order valence-corrected chi connectivity index (χ1v) is 10.6. The van der Waals surface area contributed by atoms with E-state index in [4.69, 9.17) is 16.6 Å². The Bertz CT molecular complexity index is 1430. The SMILES string of the molecule is Cc1cc(-c2csc3nc(Cc4cccc5ccccc45)[nH]c(=O)c23)ccc1Cl. The van der Waals surface area contributed by atoms with Gasteiger partial charge in [-0.15, -0.1) is 11.3 Å². The molecule has 0 saturated heterocycles. The van der Waals surface area contributed by atoms with Gasteiger partial charge in [0.1, 0.15) is 10.7 Å². The van der Waals surface area contributed by atoms with Crippen molar-refractivity contribution in [3.8, 4) is 11.1 Å². The van der Waals surface area contributed by atoms with Crippen LogP contribution in [0.1, 0.15) is 17.0 Å². The highest BCUT2D eigenvalue weighted by Gasteiger charge is 2.14. The first-order valence-electron chi connectivity index (χ1n) is 9.34. The fraction of sp³-hybridized carbons (Fsp3) is 0.0833. The Kier molecular flexibility index (Phi) is 4.46. The van der Waals surface area contributed by atoms with Crippen LogP contribution in [-0.2, 0) is 6.42 Å². The first kappa shape index (κ1) is 18.1. The number of rotatable bonds is 3. The molecule has 0 aliphatic heterocycles. The third kappa shape index (κ3) is 3.24. The first-order chi connectivity index (χ1) is 14.1. The van der Waals surface area contributed by atoms with Gasteiger partial charge in [-0.2, -0.15) is 0 Å². The van der Waals surface area contributed by atoms with E-state index in [0.29, 0.717) is 17.6 Å². The fourth-order valence-electron chi connectivity index (χ4n) is 3.73. The number of benzene rings is 3. The van der Waals surface area contributed by atoms with Gasteiger partial charge in [0, 0.05) is 22.4 Å². The summed E-state index contributed by atoms with van der Waals surface area (Å²) in [4.78, 5) is 21.5. The Hall–Kier alpha value is -2.95. The van der Waals surface area contributed by atoms with E-state index in [2.05, 4.69) is 29.2 Å². The second kappa shape index (κ2) is 7.14. The molecular weight excluding hydrogens is 400 g/mol. The minimum atomic E-state index is -0.103. The van der Waals surface area contributed by atoms with Gasteiger partial charge in [-0.25, -0.2) is 4.98 Å². The summed E-state index contributed by atoms with van der Waals surface area (Å²) in [5.41, 5.74) is 3.91. The van der Waals surface area contributed by atoms with Crippen LogP contribution in [-0.4, -0.2) is 9.97 Å². The molecule has 0 fully saturated rings. The Labute approximate surface area is 176 Å². The molecule has 0 aliphatic carbocycles. The highest BCUT2D eigenvalue weighted by Crippen LogP contribution is 2.33. The summed E-state index contributed by atoms with van der Waals surface area (Å²) in [6.07, 6.45) is 0.583. The van der Waals surface area contributed by atoms with Gasteiger partial charge in [-0.05, 0) is 46.5 Å². The van der Waals surface area contributed by atoms with Gasteiger partial charge in [-0.1, -0.05) is 60.1 Å². The molecule has 1 N–H and O–H groups in total. The van der Waals surface area contributed by atoms with Crippen LogP contribution in [0, 0.1) is 6.92 Å². The molecule has 0 bridgehead atoms. The van der Waals surface area contributed by atoms with Gasteiger partial charge in [-0.3, -0.25) is 4.79 Å². The van der Waals surface area contributed by atoms with Crippen molar-refractivity contribution in [3.63, 3.8) is 0 Å². The average molecular weight is 417 g/mol. The zero-order valence-electron chi connectivity index (χ0n) is 15.7. The summed E-state index contributed by atoms with van der Waals surface area (Å²) in [7, 11) is 0. The molecule has 142 valence electrons. The smallest absolute Gasteiger partial charge is 0.260 e. The molecule has 2 heterocycles. The largest absolute Gasteiger partial charge is 0.310 e. The molecule has 3 nitrogen and oxygen atoms in total. The number of fused-ring (bicyclic) bond motifs is 2. The molecule has 5 rings (SSSR count). The van der Waals surface area contributed by atoms with E-state index >= 15 is 0 Å². The molecular formula is C24H17ClN2OS. The second-order valence-electron chi connectivity index (χ2n) is 7.12. The van der Waals surface area contributed by atoms with Gasteiger partial charge >= 0.3 is 0 Å². The topological polar surface area (TPSA) is 45.8 Å². The van der Waals surface area contributed by atoms with Crippen LogP contribution in [0.2, 0.25) is 5.02 Å². The number of thiophene rings is 1. The van der Waals surface area contributed by atoms with Crippen molar-refractivity contribution in [1.82, 2.24) is 9.97 Å². The monoisotopic (exact) mass is 416 g/mol. The molecule has 0 saturated carbocycles. The number of nitrogens with one attached hydrogen (secondary N) is 1. The van der Waals surface area contributed by atoms with Gasteiger partial charge in [0.2, 0.25) is 0 Å². The van der Waals surface area contributed by atoms with E-state index in [1.807, 2.05) is 48.7 Å². The lowest BCUT2D eigenvalue weighted by Crippen LogP contribution is -2.11. The second-order valence-corrected chi connectivity index (χ2v) is 8.39. The van der Waals surface area contributed by atoms with Gasteiger partial charge < -0.3 is 4.98 Å². The molecule has 0 unspecified atom stereocenters. The van der Waals surface area contributed by atoms with Crippen molar-refractivity contribution in [3.05, 3.63) is 98.4 Å². The average Bonchev–Trinajstić information content (AvgIpc) is 3.15. The molecule has 5 heteroatoms. The van der Waals surface area contributed by atoms with E-state index in [9.17, 15) is 4.79 Å². The van der Waals surface area contributed by atoms with Crippen molar-refractivity contribution in [2.75, 3.05) is 0 Å². The van der Waals surface area contributed by atoms with E-state index in [1.165, 1.54) is 22.1 Å². The maximum atomic E-state index is 12.9. The zero-order chi connectivity index (χ0) is 20.0. The van der Waals surface area contributed by atoms with Crippen LogP contribution >= 0.6 is 22.9 Å². The normalized spacial score (nSPS) is 11.4. The predicted molar refractivity (Wildman–Crippen MR) is 122 cm³/mol. The lowest BCUT2D eigenvalue weighted by molar-refractivity contribution is 0.983. The lowest BCUT2D eigenvalue weighted by Gasteiger charge is -2.07. The quantitative estimate of drug-likeness (QED) is 0.372. The number of hydrogen-bond donors (Lipinski definition) is 1. The number of halogens is 1. The summed E-state index contributed by atoms with van der Waals surface area (Å²) >= 11 is 7.65. The van der Waals surface area contributed by atoms with Gasteiger partial charge in [0.15, 0.2) is 0 Å². The van der Waals surface area contributed by atoms with Gasteiger partial charge in [0.05, 0.1) is 5.39 Å². The Morgan fingerprint density at radius 2 is 1.90 bits per heavy atom. The number of H-pyrrole nitrogens is 1. The molecule has 3 aromatic carbocycles. The molecule has 0 amide bonds. The molecule has 0 aliphatic rings. The van der Waals surface area contributed by atoms with Crippen molar-refractivity contribution >= 4 is 43.9 Å². The van der Waals surface area contributed by atoms with E-state index in [0.717, 1.165) is 32.1 Å². The summed E-state index contributed by atoms with van der Waals surface area (Å²) in [6.45, 7) is 1.96. The van der Waals surface area contributed by atoms with Crippen LogP contribution in [0.3, 0.4) is 0 Å². The van der Waals surface area contributed by atoms with Crippen LogP contribution in [0.5, 0.6) is 0 Å². The van der Waals surface area contributed by atoms with Crippen LogP contribution in [0.15, 0.2) is 70.8 Å². The Balaban J connectivity index is 1.59. The zero-order valence-corrected chi connectivity index (χ0v) is 17.3. The van der Waals surface area contributed by atoms with E-state index < -0.39 is 0 Å². The lowest BCUT2D eigenvalue weighted by atomic mass is 10.0. The number of aromatic nitrogens is 2. The van der Waals surface area contributed by atoms with Crippen molar-refractivity contribution in [2.45, 2.75) is 13.3 Å². The maximum absolute atomic E-state index is 12.9.